The van der Waals surface area contributed by atoms with E-state index in [2.05, 4.69) is 15.3 Å². The van der Waals surface area contributed by atoms with Crippen LogP contribution in [-0.2, 0) is 0 Å². The van der Waals surface area contributed by atoms with E-state index in [9.17, 15) is 0 Å². The fraction of sp³-hybridized carbons (Fsp3) is 0.667. The van der Waals surface area contributed by atoms with Crippen LogP contribution in [0.3, 0.4) is 0 Å². The summed E-state index contributed by atoms with van der Waals surface area (Å²) >= 11 is 1.80. The molecule has 0 saturated heterocycles. The molecule has 1 heterocycles. The first-order valence-electron chi connectivity index (χ1n) is 6.29. The summed E-state index contributed by atoms with van der Waals surface area (Å²) in [5.41, 5.74) is 5.70. The smallest absolute Gasteiger partial charge is 0.223 e. The highest BCUT2D eigenvalue weighted by Gasteiger charge is 2.15. The maximum atomic E-state index is 5.70. The number of nitrogens with zero attached hydrogens (tertiary/aromatic N) is 2. The highest BCUT2D eigenvalue weighted by molar-refractivity contribution is 7.99. The Labute approximate surface area is 107 Å². The first kappa shape index (κ1) is 12.5. The quantitative estimate of drug-likeness (QED) is 0.623. The van der Waals surface area contributed by atoms with E-state index in [1.807, 2.05) is 13.0 Å². The van der Waals surface area contributed by atoms with Gasteiger partial charge in [-0.1, -0.05) is 12.8 Å². The van der Waals surface area contributed by atoms with E-state index in [0.717, 1.165) is 29.1 Å². The number of nitrogen functional groups attached to an aromatic ring is 1. The van der Waals surface area contributed by atoms with Gasteiger partial charge in [-0.05, 0) is 25.7 Å². The summed E-state index contributed by atoms with van der Waals surface area (Å²) in [6, 6.07) is 1.99. The summed E-state index contributed by atoms with van der Waals surface area (Å²) in [5.74, 6) is 3.20. The van der Waals surface area contributed by atoms with Crippen molar-refractivity contribution in [2.24, 2.45) is 5.92 Å². The second-order valence-electron chi connectivity index (χ2n) is 4.44. The molecule has 1 saturated carbocycles. The van der Waals surface area contributed by atoms with Crippen molar-refractivity contribution in [3.8, 4) is 0 Å². The Morgan fingerprint density at radius 2 is 2.18 bits per heavy atom. The third kappa shape index (κ3) is 3.77. The minimum absolute atomic E-state index is 0.359. The molecule has 1 aliphatic rings. The van der Waals surface area contributed by atoms with E-state index in [1.54, 1.807) is 11.8 Å². The fourth-order valence-electron chi connectivity index (χ4n) is 2.17. The Morgan fingerprint density at radius 1 is 1.41 bits per heavy atom. The third-order valence-corrected chi connectivity index (χ3v) is 4.16. The topological polar surface area (TPSA) is 63.8 Å². The van der Waals surface area contributed by atoms with Crippen molar-refractivity contribution in [3.63, 3.8) is 0 Å². The number of thioether (sulfide) groups is 1. The average Bonchev–Trinajstić information content (AvgIpc) is 2.79. The summed E-state index contributed by atoms with van der Waals surface area (Å²) in [5, 5.41) is 4.16. The zero-order chi connectivity index (χ0) is 12.1. The molecule has 5 heteroatoms. The SMILES string of the molecule is CCNc1cc(SCC2CCCC2)nc(N)n1. The number of anilines is 2. The lowest BCUT2D eigenvalue weighted by Gasteiger charge is -2.09. The van der Waals surface area contributed by atoms with Crippen LogP contribution in [0.25, 0.3) is 0 Å². The van der Waals surface area contributed by atoms with Gasteiger partial charge in [-0.15, -0.1) is 11.8 Å². The fourth-order valence-corrected chi connectivity index (χ4v) is 3.26. The highest BCUT2D eigenvalue weighted by Crippen LogP contribution is 2.30. The lowest BCUT2D eigenvalue weighted by Crippen LogP contribution is -2.04. The van der Waals surface area contributed by atoms with Crippen LogP contribution in [0, 0.1) is 5.92 Å². The van der Waals surface area contributed by atoms with E-state index < -0.39 is 0 Å². The van der Waals surface area contributed by atoms with Crippen LogP contribution < -0.4 is 11.1 Å². The first-order valence-corrected chi connectivity index (χ1v) is 7.27. The Hall–Kier alpha value is -0.970. The zero-order valence-electron chi connectivity index (χ0n) is 10.3. The van der Waals surface area contributed by atoms with Gasteiger partial charge < -0.3 is 11.1 Å². The molecule has 0 radical (unpaired) electrons. The lowest BCUT2D eigenvalue weighted by molar-refractivity contribution is 0.623. The molecule has 4 nitrogen and oxygen atoms in total. The Balaban J connectivity index is 1.94. The van der Waals surface area contributed by atoms with Crippen molar-refractivity contribution in [2.75, 3.05) is 23.3 Å². The number of nitrogens with one attached hydrogen (secondary N) is 1. The molecule has 0 aromatic carbocycles. The minimum atomic E-state index is 0.359. The van der Waals surface area contributed by atoms with Gasteiger partial charge in [0.05, 0.1) is 0 Å². The van der Waals surface area contributed by atoms with Gasteiger partial charge in [-0.25, -0.2) is 4.98 Å². The van der Waals surface area contributed by atoms with Gasteiger partial charge >= 0.3 is 0 Å². The van der Waals surface area contributed by atoms with E-state index >= 15 is 0 Å². The number of hydrogen-bond acceptors (Lipinski definition) is 5. The Bertz CT molecular complexity index is 364. The number of aromatic nitrogens is 2. The van der Waals surface area contributed by atoms with Crippen molar-refractivity contribution < 1.29 is 0 Å². The molecular weight excluding hydrogens is 232 g/mol. The predicted octanol–water partition coefficient (Wildman–Crippen LogP) is 2.77. The van der Waals surface area contributed by atoms with E-state index in [-0.39, 0.29) is 0 Å². The second-order valence-corrected chi connectivity index (χ2v) is 5.48. The molecule has 3 N–H and O–H groups in total. The second kappa shape index (κ2) is 6.10. The van der Waals surface area contributed by atoms with Gasteiger partial charge in [0.2, 0.25) is 5.95 Å². The summed E-state index contributed by atoms with van der Waals surface area (Å²) in [6.45, 7) is 2.90. The monoisotopic (exact) mass is 252 g/mol. The van der Waals surface area contributed by atoms with Gasteiger partial charge in [0, 0.05) is 18.4 Å². The molecule has 0 spiro atoms. The summed E-state index contributed by atoms with van der Waals surface area (Å²) in [6.07, 6.45) is 5.51. The van der Waals surface area contributed by atoms with E-state index in [4.69, 9.17) is 5.73 Å². The predicted molar refractivity (Wildman–Crippen MR) is 73.3 cm³/mol. The van der Waals surface area contributed by atoms with Crippen LogP contribution in [0.5, 0.6) is 0 Å². The largest absolute Gasteiger partial charge is 0.370 e. The van der Waals surface area contributed by atoms with Gasteiger partial charge in [-0.2, -0.15) is 4.98 Å². The van der Waals surface area contributed by atoms with Crippen LogP contribution in [0.4, 0.5) is 11.8 Å². The van der Waals surface area contributed by atoms with Crippen molar-refractivity contribution in [1.29, 1.82) is 0 Å². The Kier molecular flexibility index (Phi) is 4.48. The molecule has 0 aliphatic heterocycles. The summed E-state index contributed by atoms with van der Waals surface area (Å²) in [7, 11) is 0. The molecule has 17 heavy (non-hydrogen) atoms. The zero-order valence-corrected chi connectivity index (χ0v) is 11.1. The van der Waals surface area contributed by atoms with Crippen LogP contribution in [-0.4, -0.2) is 22.3 Å². The molecule has 1 fully saturated rings. The minimum Gasteiger partial charge on any atom is -0.370 e. The Morgan fingerprint density at radius 3 is 2.88 bits per heavy atom. The average molecular weight is 252 g/mol. The molecule has 0 bridgehead atoms. The highest BCUT2D eigenvalue weighted by atomic mass is 32.2. The van der Waals surface area contributed by atoms with Gasteiger partial charge in [0.15, 0.2) is 0 Å². The van der Waals surface area contributed by atoms with Gasteiger partial charge in [-0.3, -0.25) is 0 Å². The molecule has 0 atom stereocenters. The number of rotatable bonds is 5. The van der Waals surface area contributed by atoms with Gasteiger partial charge in [0.25, 0.3) is 0 Å². The van der Waals surface area contributed by atoms with Crippen molar-refractivity contribution in [3.05, 3.63) is 6.07 Å². The molecule has 2 rings (SSSR count). The van der Waals surface area contributed by atoms with Gasteiger partial charge in [0.1, 0.15) is 10.8 Å². The van der Waals surface area contributed by atoms with Crippen LogP contribution in [0.1, 0.15) is 32.6 Å². The first-order chi connectivity index (χ1) is 8.28. The lowest BCUT2D eigenvalue weighted by atomic mass is 10.1. The van der Waals surface area contributed by atoms with Crippen molar-refractivity contribution >= 4 is 23.5 Å². The molecule has 1 aromatic heterocycles. The number of hydrogen-bond donors (Lipinski definition) is 2. The van der Waals surface area contributed by atoms with E-state index in [0.29, 0.717) is 5.95 Å². The molecule has 0 amide bonds. The molecule has 94 valence electrons. The van der Waals surface area contributed by atoms with Crippen molar-refractivity contribution in [1.82, 2.24) is 9.97 Å². The van der Waals surface area contributed by atoms with Crippen LogP contribution >= 0.6 is 11.8 Å². The maximum Gasteiger partial charge on any atom is 0.223 e. The van der Waals surface area contributed by atoms with E-state index in [1.165, 1.54) is 25.7 Å². The molecular formula is C12H20N4S. The normalized spacial score (nSPS) is 16.3. The number of nitrogens with two attached hydrogens (primary N) is 1. The van der Waals surface area contributed by atoms with Crippen LogP contribution in [0.2, 0.25) is 0 Å². The maximum absolute atomic E-state index is 5.70. The molecule has 1 aliphatic carbocycles. The summed E-state index contributed by atoms with van der Waals surface area (Å²) in [4.78, 5) is 8.41. The van der Waals surface area contributed by atoms with Crippen molar-refractivity contribution in [2.45, 2.75) is 37.6 Å². The summed E-state index contributed by atoms with van der Waals surface area (Å²) < 4.78 is 0. The third-order valence-electron chi connectivity index (χ3n) is 3.02. The standard InChI is InChI=1S/C12H20N4S/c1-2-14-10-7-11(16-12(13)15-10)17-8-9-5-3-4-6-9/h7,9H,2-6,8H2,1H3,(H3,13,14,15,16). The molecule has 0 unspecified atom stereocenters. The van der Waals surface area contributed by atoms with Crippen LogP contribution in [0.15, 0.2) is 11.1 Å². The molecule has 1 aromatic rings.